The van der Waals surface area contributed by atoms with Gasteiger partial charge in [-0.25, -0.2) is 9.97 Å². The molecule has 2 aromatic heterocycles. The molecule has 1 aliphatic heterocycles. The summed E-state index contributed by atoms with van der Waals surface area (Å²) in [5, 5.41) is 4.86. The third kappa shape index (κ3) is 2.54. The van der Waals surface area contributed by atoms with Crippen molar-refractivity contribution in [3.05, 3.63) is 36.2 Å². The molecule has 1 unspecified atom stereocenters. The summed E-state index contributed by atoms with van der Waals surface area (Å²) in [5.41, 5.74) is 0.845. The minimum Gasteiger partial charge on any atom is -0.496 e. The van der Waals surface area contributed by atoms with Crippen LogP contribution in [0.3, 0.4) is 0 Å². The number of rotatable bonds is 3. The van der Waals surface area contributed by atoms with Gasteiger partial charge in [0.25, 0.3) is 0 Å². The predicted molar refractivity (Wildman–Crippen MR) is 86.0 cm³/mol. The second-order valence-corrected chi connectivity index (χ2v) is 5.53. The molecule has 3 aromatic rings. The van der Waals surface area contributed by atoms with Crippen molar-refractivity contribution in [1.82, 2.24) is 20.1 Å². The maximum atomic E-state index is 5.80. The van der Waals surface area contributed by atoms with Gasteiger partial charge in [-0.05, 0) is 12.1 Å². The number of hydrogen-bond donors (Lipinski definition) is 0. The molecule has 8 nitrogen and oxygen atoms in total. The molecule has 124 valence electrons. The third-order valence-electron chi connectivity index (χ3n) is 4.02. The summed E-state index contributed by atoms with van der Waals surface area (Å²) in [6.45, 7) is 3.62. The van der Waals surface area contributed by atoms with Crippen molar-refractivity contribution in [2.45, 2.75) is 13.0 Å². The largest absolute Gasteiger partial charge is 0.496 e. The van der Waals surface area contributed by atoms with Crippen LogP contribution in [0.15, 0.2) is 29.0 Å². The fourth-order valence-electron chi connectivity index (χ4n) is 2.92. The molecule has 1 saturated heterocycles. The van der Waals surface area contributed by atoms with Crippen LogP contribution in [0.4, 0.5) is 5.82 Å². The fraction of sp³-hybridized carbons (Fsp3) is 0.375. The lowest BCUT2D eigenvalue weighted by molar-refractivity contribution is 0.0324. The van der Waals surface area contributed by atoms with Crippen LogP contribution in [-0.4, -0.2) is 46.9 Å². The van der Waals surface area contributed by atoms with E-state index in [9.17, 15) is 0 Å². The van der Waals surface area contributed by atoms with Crippen molar-refractivity contribution in [3.63, 3.8) is 0 Å². The summed E-state index contributed by atoms with van der Waals surface area (Å²) in [4.78, 5) is 15.2. The van der Waals surface area contributed by atoms with Gasteiger partial charge in [-0.2, -0.15) is 4.98 Å². The van der Waals surface area contributed by atoms with Crippen LogP contribution >= 0.6 is 0 Å². The van der Waals surface area contributed by atoms with E-state index in [1.807, 2.05) is 18.2 Å². The first-order chi connectivity index (χ1) is 11.8. The highest BCUT2D eigenvalue weighted by atomic mass is 16.5. The van der Waals surface area contributed by atoms with Gasteiger partial charge >= 0.3 is 0 Å². The van der Waals surface area contributed by atoms with Crippen LogP contribution in [0.2, 0.25) is 0 Å². The van der Waals surface area contributed by atoms with Crippen molar-refractivity contribution >= 4 is 16.7 Å². The van der Waals surface area contributed by atoms with E-state index >= 15 is 0 Å². The number of fused-ring (bicyclic) bond motifs is 1. The highest BCUT2D eigenvalue weighted by molar-refractivity contribution is 5.94. The average Bonchev–Trinajstić information content (AvgIpc) is 3.07. The SMILES string of the molecule is COc1cccc2ncnc(N3CCOC(c4noc(C)n4)C3)c12. The Morgan fingerprint density at radius 1 is 1.29 bits per heavy atom. The molecule has 0 N–H and O–H groups in total. The topological polar surface area (TPSA) is 86.4 Å². The van der Waals surface area contributed by atoms with Gasteiger partial charge in [-0.3, -0.25) is 0 Å². The van der Waals surface area contributed by atoms with E-state index in [2.05, 4.69) is 25.0 Å². The normalized spacial score (nSPS) is 18.1. The molecule has 1 aromatic carbocycles. The maximum absolute atomic E-state index is 5.80. The number of morpholine rings is 1. The molecule has 0 saturated carbocycles. The Labute approximate surface area is 138 Å². The van der Waals surface area contributed by atoms with Crippen LogP contribution in [0, 0.1) is 6.92 Å². The van der Waals surface area contributed by atoms with Crippen molar-refractivity contribution < 1.29 is 14.0 Å². The lowest BCUT2D eigenvalue weighted by atomic mass is 10.2. The molecule has 24 heavy (non-hydrogen) atoms. The van der Waals surface area contributed by atoms with Crippen molar-refractivity contribution in [3.8, 4) is 5.75 Å². The lowest BCUT2D eigenvalue weighted by Crippen LogP contribution is -2.39. The van der Waals surface area contributed by atoms with Crippen LogP contribution in [-0.2, 0) is 4.74 Å². The van der Waals surface area contributed by atoms with Crippen LogP contribution in [0.1, 0.15) is 17.8 Å². The number of aryl methyl sites for hydroxylation is 1. The Hall–Kier alpha value is -2.74. The zero-order chi connectivity index (χ0) is 16.5. The molecule has 1 atom stereocenters. The molecule has 8 heteroatoms. The van der Waals surface area contributed by atoms with Gasteiger partial charge in [0.2, 0.25) is 11.7 Å². The highest BCUT2D eigenvalue weighted by Gasteiger charge is 2.28. The third-order valence-corrected chi connectivity index (χ3v) is 4.02. The summed E-state index contributed by atoms with van der Waals surface area (Å²) in [7, 11) is 1.65. The first-order valence-electron chi connectivity index (χ1n) is 7.70. The molecule has 1 aliphatic rings. The molecule has 1 fully saturated rings. The molecule has 4 rings (SSSR count). The van der Waals surface area contributed by atoms with Crippen LogP contribution in [0.25, 0.3) is 10.9 Å². The zero-order valence-corrected chi connectivity index (χ0v) is 13.5. The molecular formula is C16H17N5O3. The van der Waals surface area contributed by atoms with Gasteiger partial charge in [0.05, 0.1) is 31.2 Å². The Kier molecular flexibility index (Phi) is 3.73. The summed E-state index contributed by atoms with van der Waals surface area (Å²) in [6, 6.07) is 5.78. The highest BCUT2D eigenvalue weighted by Crippen LogP contribution is 2.33. The second kappa shape index (κ2) is 6.04. The monoisotopic (exact) mass is 327 g/mol. The summed E-state index contributed by atoms with van der Waals surface area (Å²) in [6.07, 6.45) is 1.32. The number of benzene rings is 1. The average molecular weight is 327 g/mol. The number of nitrogens with zero attached hydrogens (tertiary/aromatic N) is 5. The second-order valence-electron chi connectivity index (χ2n) is 5.53. The first-order valence-corrected chi connectivity index (χ1v) is 7.70. The molecule has 0 bridgehead atoms. The lowest BCUT2D eigenvalue weighted by Gasteiger charge is -2.32. The van der Waals surface area contributed by atoms with E-state index in [0.717, 1.165) is 29.0 Å². The molecule has 0 spiro atoms. The van der Waals surface area contributed by atoms with E-state index in [0.29, 0.717) is 24.9 Å². The van der Waals surface area contributed by atoms with Gasteiger partial charge in [0.15, 0.2) is 0 Å². The van der Waals surface area contributed by atoms with Gasteiger partial charge in [0.1, 0.15) is 24.0 Å². The maximum Gasteiger partial charge on any atom is 0.223 e. The number of methoxy groups -OCH3 is 1. The van der Waals surface area contributed by atoms with E-state index < -0.39 is 0 Å². The number of hydrogen-bond acceptors (Lipinski definition) is 8. The Morgan fingerprint density at radius 2 is 2.21 bits per heavy atom. The Balaban J connectivity index is 1.72. The van der Waals surface area contributed by atoms with E-state index in [4.69, 9.17) is 14.0 Å². The molecule has 0 aliphatic carbocycles. The first kappa shape index (κ1) is 14.8. The summed E-state index contributed by atoms with van der Waals surface area (Å²) >= 11 is 0. The van der Waals surface area contributed by atoms with Gasteiger partial charge in [-0.1, -0.05) is 11.2 Å². The minimum absolute atomic E-state index is 0.254. The number of anilines is 1. The van der Waals surface area contributed by atoms with Gasteiger partial charge < -0.3 is 18.9 Å². The van der Waals surface area contributed by atoms with Crippen molar-refractivity contribution in [2.24, 2.45) is 0 Å². The Bertz CT molecular complexity index is 861. The predicted octanol–water partition coefficient (Wildman–Crippen LogP) is 1.91. The van der Waals surface area contributed by atoms with Crippen molar-refractivity contribution in [2.75, 3.05) is 31.7 Å². The van der Waals surface area contributed by atoms with Crippen LogP contribution < -0.4 is 9.64 Å². The zero-order valence-electron chi connectivity index (χ0n) is 13.5. The summed E-state index contributed by atoms with van der Waals surface area (Å²) < 4.78 is 16.4. The van der Waals surface area contributed by atoms with E-state index in [-0.39, 0.29) is 6.10 Å². The van der Waals surface area contributed by atoms with Gasteiger partial charge in [-0.15, -0.1) is 0 Å². The van der Waals surface area contributed by atoms with Crippen molar-refractivity contribution in [1.29, 1.82) is 0 Å². The number of ether oxygens (including phenoxy) is 2. The van der Waals surface area contributed by atoms with E-state index in [1.165, 1.54) is 0 Å². The van der Waals surface area contributed by atoms with Gasteiger partial charge in [0, 0.05) is 13.5 Å². The van der Waals surface area contributed by atoms with E-state index in [1.54, 1.807) is 20.4 Å². The minimum atomic E-state index is -0.254. The smallest absolute Gasteiger partial charge is 0.223 e. The molecule has 0 amide bonds. The number of aromatic nitrogens is 4. The fourth-order valence-corrected chi connectivity index (χ4v) is 2.92. The standard InChI is InChI=1S/C16H17N5O3/c1-10-19-15(20-24-10)13-8-21(6-7-23-13)16-14-11(17-9-18-16)4-3-5-12(14)22-2/h3-5,9,13H,6-8H2,1-2H3. The summed E-state index contributed by atoms with van der Waals surface area (Å²) in [5.74, 6) is 2.66. The molecule has 3 heterocycles. The quantitative estimate of drug-likeness (QED) is 0.721. The van der Waals surface area contributed by atoms with Crippen LogP contribution in [0.5, 0.6) is 5.75 Å². The molecular weight excluding hydrogens is 310 g/mol. The molecule has 0 radical (unpaired) electrons. The Morgan fingerprint density at radius 3 is 3.00 bits per heavy atom.